The van der Waals surface area contributed by atoms with Crippen LogP contribution in [0.5, 0.6) is 0 Å². The van der Waals surface area contributed by atoms with E-state index < -0.39 is 0 Å². The van der Waals surface area contributed by atoms with Crippen LogP contribution in [-0.4, -0.2) is 0 Å². The average molecular weight is 642 g/mol. The maximum atomic E-state index is 2.00. The molecule has 0 saturated carbocycles. The third-order valence-electron chi connectivity index (χ3n) is 0. The van der Waals surface area contributed by atoms with Crippen molar-refractivity contribution in [1.82, 2.24) is 24.6 Å². The van der Waals surface area contributed by atoms with Gasteiger partial charge in [-0.1, -0.05) is 263 Å². The summed E-state index contributed by atoms with van der Waals surface area (Å²) in [5, 5.41) is 0. The second-order valence-electron chi connectivity index (χ2n) is 0. The van der Waals surface area contributed by atoms with Gasteiger partial charge in [-0.05, 0) is 0 Å². The minimum Gasteiger partial charge on any atom is -0.344 e. The van der Waals surface area contributed by atoms with E-state index in [4.69, 9.17) is 0 Å². The van der Waals surface area contributed by atoms with Crippen molar-refractivity contribution < 1.29 is 2.85 Å². The van der Waals surface area contributed by atoms with Crippen LogP contribution in [0.1, 0.15) is 266 Å². The van der Waals surface area contributed by atoms with Crippen LogP contribution < -0.4 is 24.6 Å². The zero-order valence-electron chi connectivity index (χ0n) is 26.8. The third-order valence-corrected chi connectivity index (χ3v) is 0. The highest BCUT2D eigenvalue weighted by Gasteiger charge is 0.954. The van der Waals surface area contributed by atoms with Gasteiger partial charge in [-0.3, -0.25) is 0 Å². The molecule has 0 fully saturated rings. The molecule has 0 aliphatic carbocycles. The van der Waals surface area contributed by atoms with Gasteiger partial charge in [0.05, 0.1) is 0 Å². The molecule has 0 aromatic heterocycles. The van der Waals surface area contributed by atoms with Gasteiger partial charge in [0, 0.05) is 2.85 Å². The van der Waals surface area contributed by atoms with E-state index in [0.717, 1.165) is 0 Å². The Morgan fingerprint density at radius 2 is 0.122 bits per heavy atom. The molecule has 0 aliphatic heterocycles. The van der Waals surface area contributed by atoms with Crippen LogP contribution in [0.3, 0.4) is 0 Å². The van der Waals surface area contributed by atoms with Gasteiger partial charge in [0.15, 0.2) is 0 Å². The summed E-state index contributed by atoms with van der Waals surface area (Å²) >= 11 is 0. The zero-order valence-corrected chi connectivity index (χ0v) is 26.8. The molecular weight excluding hydrogens is 500 g/mol. The molecule has 0 bridgehead atoms. The third kappa shape index (κ3) is 2230000. The van der Waals surface area contributed by atoms with Crippen molar-refractivity contribution in [2.45, 2.75) is 263 Å². The fourth-order valence-corrected chi connectivity index (χ4v) is 0. The standard InChI is InChI=1S/12C2H6.13CH4.4H3N.2H2/c12*1-2;;;;;;;;;;;;;;;;;;;/h12*1-2H3;13*1H4;4*1H3;2*1H. The molecule has 0 atom stereocenters. The van der Waals surface area contributed by atoms with E-state index in [-0.39, 0.29) is 124 Å². The van der Waals surface area contributed by atoms with E-state index in [1.165, 1.54) is 0 Å². The summed E-state index contributed by atoms with van der Waals surface area (Å²) in [6, 6.07) is 0. The summed E-state index contributed by atoms with van der Waals surface area (Å²) in [6.07, 6.45) is 0. The van der Waals surface area contributed by atoms with Crippen molar-refractivity contribution in [2.75, 3.05) is 0 Å². The zero-order chi connectivity index (χ0) is 24.0. The molecule has 0 aromatic carbocycles. The molecule has 4 heteroatoms. The lowest BCUT2D eigenvalue weighted by Crippen LogP contribution is -0.856. The number of rotatable bonds is 0. The Morgan fingerprint density at radius 1 is 0.122 bits per heavy atom. The molecule has 0 spiro atoms. The summed E-state index contributed by atoms with van der Waals surface area (Å²) in [5.74, 6) is 0. The molecule has 0 aromatic rings. The van der Waals surface area contributed by atoms with Crippen molar-refractivity contribution in [3.63, 3.8) is 0 Å². The van der Waals surface area contributed by atoms with Gasteiger partial charge in [-0.2, -0.15) is 0 Å². The number of hydrogen-bond donors (Lipinski definition) is 4. The van der Waals surface area contributed by atoms with E-state index in [1.807, 2.05) is 166 Å². The van der Waals surface area contributed by atoms with Crippen LogP contribution in [-0.2, 0) is 0 Å². The van der Waals surface area contributed by atoms with Crippen molar-refractivity contribution in [3.8, 4) is 0 Å². The Kier molecular flexibility index (Phi) is 26500000. The van der Waals surface area contributed by atoms with Crippen molar-refractivity contribution in [1.29, 1.82) is 0 Å². The van der Waals surface area contributed by atoms with Crippen LogP contribution in [0.4, 0.5) is 0 Å². The molecule has 0 saturated heterocycles. The maximum absolute atomic E-state index is 2.00. The van der Waals surface area contributed by atoms with Crippen LogP contribution in [0.2, 0.25) is 0 Å². The molecule has 0 amide bonds. The SMILES string of the molecule is C.C.C.C.C.C.C.C.C.C.C.C.C.CC.CC.CC.CC.CC.CC.CC.CC.CC.CC.CC.CC.N.N.N.N.[HH].[HH]. The van der Waals surface area contributed by atoms with Crippen LogP contribution in [0.25, 0.3) is 0 Å². The van der Waals surface area contributed by atoms with Gasteiger partial charge in [0.25, 0.3) is 0 Å². The first-order chi connectivity index (χ1) is 12.0. The van der Waals surface area contributed by atoms with E-state index in [9.17, 15) is 0 Å². The topological polar surface area (TPSA) is 140 Å². The van der Waals surface area contributed by atoms with Gasteiger partial charge in [-0.25, -0.2) is 0 Å². The molecule has 0 heterocycles. The average Bonchev–Trinajstić information content (AvgIpc) is 2.84. The highest BCUT2D eigenvalue weighted by Crippen LogP contribution is 1.17. The van der Waals surface area contributed by atoms with Crippen molar-refractivity contribution in [3.05, 3.63) is 0 Å². The lowest BCUT2D eigenvalue weighted by Gasteiger charge is -1.07. The molecule has 41 heavy (non-hydrogen) atoms. The molecule has 308 valence electrons. The van der Waals surface area contributed by atoms with Gasteiger partial charge in [0.1, 0.15) is 0 Å². The normalized spacial score (nSPS) is 1.76. The first-order valence-corrected chi connectivity index (χ1v) is 12.0. The minimum absolute atomic E-state index is 0. The largest absolute Gasteiger partial charge is 0.344 e. The molecule has 0 aliphatic rings. The summed E-state index contributed by atoms with van der Waals surface area (Å²) in [4.78, 5) is 0. The Morgan fingerprint density at radius 3 is 0.122 bits per heavy atom. The fraction of sp³-hybridized carbons (Fsp3) is 1.00. The highest BCUT2D eigenvalue weighted by atomic mass is 14.0. The monoisotopic (exact) mass is 641 g/mol. The molecule has 0 rings (SSSR count). The Hall–Kier alpha value is -0.160. The van der Waals surface area contributed by atoms with E-state index in [0.29, 0.717) is 0 Å². The van der Waals surface area contributed by atoms with Crippen LogP contribution >= 0.6 is 0 Å². The molecule has 0 radical (unpaired) electrons. The quantitative estimate of drug-likeness (QED) is 0.209. The van der Waals surface area contributed by atoms with E-state index in [2.05, 4.69) is 0 Å². The Bertz CT molecular complexity index is 30.6. The highest BCUT2D eigenvalue weighted by molar-refractivity contribution is 3.53. The van der Waals surface area contributed by atoms with Gasteiger partial charge in [0.2, 0.25) is 0 Å². The van der Waals surface area contributed by atoms with Crippen LogP contribution in [0, 0.1) is 0 Å². The predicted molar refractivity (Wildman–Crippen MR) is 248 cm³/mol. The predicted octanol–water partition coefficient (Wildman–Crippen LogP) is 21.7. The maximum Gasteiger partial charge on any atom is 0 e. The number of hydrogen-bond acceptors (Lipinski definition) is 4. The van der Waals surface area contributed by atoms with Gasteiger partial charge in [-0.15, -0.1) is 0 Å². The van der Waals surface area contributed by atoms with E-state index >= 15 is 0 Å². The molecule has 4 nitrogen and oxygen atoms in total. The van der Waals surface area contributed by atoms with Gasteiger partial charge < -0.3 is 24.6 Å². The fourth-order valence-electron chi connectivity index (χ4n) is 0. The Balaban J connectivity index is -0.00000000121. The minimum atomic E-state index is 0. The first-order valence-electron chi connectivity index (χ1n) is 12.0. The smallest absolute Gasteiger partial charge is 0 e. The molecule has 0 unspecified atom stereocenters. The van der Waals surface area contributed by atoms with Gasteiger partial charge >= 0.3 is 0 Å². The lowest BCUT2D eigenvalue weighted by atomic mass is 11.0. The lowest BCUT2D eigenvalue weighted by molar-refractivity contribution is 1.50. The second-order valence-corrected chi connectivity index (χ2v) is 0. The summed E-state index contributed by atoms with van der Waals surface area (Å²) in [6.45, 7) is 48.0. The second kappa shape index (κ2) is 2350000. The summed E-state index contributed by atoms with van der Waals surface area (Å²) in [5.41, 5.74) is 0. The molecular formula is C37H140N4. The van der Waals surface area contributed by atoms with Crippen molar-refractivity contribution >= 4 is 0 Å². The van der Waals surface area contributed by atoms with Crippen LogP contribution in [0.15, 0.2) is 0 Å². The summed E-state index contributed by atoms with van der Waals surface area (Å²) < 4.78 is 0. The summed E-state index contributed by atoms with van der Waals surface area (Å²) in [7, 11) is 0. The molecule has 12 N–H and O–H groups in total. The van der Waals surface area contributed by atoms with E-state index in [1.54, 1.807) is 0 Å². The Labute approximate surface area is 290 Å². The van der Waals surface area contributed by atoms with Crippen molar-refractivity contribution in [2.24, 2.45) is 0 Å². The first kappa shape index (κ1) is 462.